The summed E-state index contributed by atoms with van der Waals surface area (Å²) in [4.78, 5) is 20.6. The third kappa shape index (κ3) is 3.65. The number of nitro benzene ring substituents is 1. The summed E-state index contributed by atoms with van der Waals surface area (Å²) in [6, 6.07) is 3.93. The molecule has 0 aliphatic heterocycles. The van der Waals surface area contributed by atoms with E-state index >= 15 is 0 Å². The first-order valence-electron chi connectivity index (χ1n) is 5.35. The van der Waals surface area contributed by atoms with Gasteiger partial charge in [-0.1, -0.05) is 6.07 Å². The monoisotopic (exact) mass is 303 g/mol. The Morgan fingerprint density at radius 1 is 1.50 bits per heavy atom. The second-order valence-electron chi connectivity index (χ2n) is 3.96. The number of carboxylic acids is 1. The number of nitrogens with one attached hydrogen (secondary N) is 1. The van der Waals surface area contributed by atoms with Crippen LogP contribution < -0.4 is 4.72 Å². The van der Waals surface area contributed by atoms with Crippen LogP contribution in [0.15, 0.2) is 18.2 Å². The fraction of sp³-hybridized carbons (Fsp3) is 0.300. The maximum atomic E-state index is 11.9. The fourth-order valence-electron chi connectivity index (χ4n) is 1.42. The van der Waals surface area contributed by atoms with Crippen LogP contribution in [0.4, 0.5) is 11.4 Å². The molecule has 20 heavy (non-hydrogen) atoms. The SMILES string of the molecule is Cc1c(NS(=O)(=O)N(C)CC(=O)O)cccc1[N+](=O)[O-]. The standard InChI is InChI=1S/C10H13N3O6S/c1-7-8(4-3-5-9(7)13(16)17)11-20(18,19)12(2)6-10(14)15/h3-5,11H,6H2,1-2H3,(H,14,15). The first-order valence-corrected chi connectivity index (χ1v) is 6.79. The van der Waals surface area contributed by atoms with Crippen LogP contribution in [-0.2, 0) is 15.0 Å². The second-order valence-corrected chi connectivity index (χ2v) is 5.74. The van der Waals surface area contributed by atoms with Crippen molar-refractivity contribution in [3.63, 3.8) is 0 Å². The summed E-state index contributed by atoms with van der Waals surface area (Å²) >= 11 is 0. The number of carboxylic acid groups (broad SMARTS) is 1. The molecule has 0 bridgehead atoms. The van der Waals surface area contributed by atoms with Crippen molar-refractivity contribution in [2.45, 2.75) is 6.92 Å². The van der Waals surface area contributed by atoms with Crippen molar-refractivity contribution in [2.24, 2.45) is 0 Å². The Morgan fingerprint density at radius 2 is 2.10 bits per heavy atom. The van der Waals surface area contributed by atoms with Gasteiger partial charge in [0.15, 0.2) is 0 Å². The number of benzene rings is 1. The molecule has 0 unspecified atom stereocenters. The van der Waals surface area contributed by atoms with E-state index < -0.39 is 27.6 Å². The number of anilines is 1. The van der Waals surface area contributed by atoms with Crippen molar-refractivity contribution in [1.82, 2.24) is 4.31 Å². The maximum absolute atomic E-state index is 11.9. The zero-order chi connectivity index (χ0) is 15.5. The Hall–Kier alpha value is -2.20. The Labute approximate surface area is 115 Å². The van der Waals surface area contributed by atoms with Crippen molar-refractivity contribution < 1.29 is 23.2 Å². The first kappa shape index (κ1) is 15.9. The topological polar surface area (TPSA) is 130 Å². The lowest BCUT2D eigenvalue weighted by molar-refractivity contribution is -0.385. The van der Waals surface area contributed by atoms with Crippen molar-refractivity contribution in [1.29, 1.82) is 0 Å². The Morgan fingerprint density at radius 3 is 2.60 bits per heavy atom. The fourth-order valence-corrected chi connectivity index (χ4v) is 2.36. The third-order valence-electron chi connectivity index (χ3n) is 2.51. The van der Waals surface area contributed by atoms with Gasteiger partial charge in [-0.2, -0.15) is 12.7 Å². The molecule has 0 saturated carbocycles. The molecule has 0 aromatic heterocycles. The Kier molecular flexibility index (Phi) is 4.63. The first-order chi connectivity index (χ1) is 9.15. The Balaban J connectivity index is 3.07. The van der Waals surface area contributed by atoms with Crippen molar-refractivity contribution in [2.75, 3.05) is 18.3 Å². The average Bonchev–Trinajstić information content (AvgIpc) is 2.30. The van der Waals surface area contributed by atoms with Gasteiger partial charge in [0.1, 0.15) is 6.54 Å². The lowest BCUT2D eigenvalue weighted by Crippen LogP contribution is -2.36. The highest BCUT2D eigenvalue weighted by molar-refractivity contribution is 7.90. The third-order valence-corrected chi connectivity index (χ3v) is 3.94. The van der Waals surface area contributed by atoms with Gasteiger partial charge in [-0.3, -0.25) is 19.6 Å². The van der Waals surface area contributed by atoms with Gasteiger partial charge < -0.3 is 5.11 Å². The van der Waals surface area contributed by atoms with Crippen LogP contribution in [0.1, 0.15) is 5.56 Å². The van der Waals surface area contributed by atoms with E-state index in [0.717, 1.165) is 7.05 Å². The van der Waals surface area contributed by atoms with Gasteiger partial charge in [-0.15, -0.1) is 0 Å². The molecule has 0 aliphatic rings. The van der Waals surface area contributed by atoms with Crippen LogP contribution >= 0.6 is 0 Å². The molecule has 0 heterocycles. The van der Waals surface area contributed by atoms with Crippen molar-refractivity contribution in [3.05, 3.63) is 33.9 Å². The summed E-state index contributed by atoms with van der Waals surface area (Å²) in [6.45, 7) is 0.677. The molecule has 0 radical (unpaired) electrons. The number of carbonyl (C=O) groups is 1. The molecule has 0 spiro atoms. The zero-order valence-electron chi connectivity index (χ0n) is 10.7. The molecular formula is C10H13N3O6S. The van der Waals surface area contributed by atoms with E-state index in [4.69, 9.17) is 5.11 Å². The normalized spacial score (nSPS) is 11.3. The van der Waals surface area contributed by atoms with Gasteiger partial charge in [0.25, 0.3) is 5.69 Å². The molecule has 0 saturated heterocycles. The van der Waals surface area contributed by atoms with Crippen molar-refractivity contribution in [3.8, 4) is 0 Å². The average molecular weight is 303 g/mol. The predicted molar refractivity (Wildman–Crippen MR) is 70.6 cm³/mol. The van der Waals surface area contributed by atoms with Crippen LogP contribution in [0.25, 0.3) is 0 Å². The molecular weight excluding hydrogens is 290 g/mol. The highest BCUT2D eigenvalue weighted by Crippen LogP contribution is 2.26. The van der Waals surface area contributed by atoms with E-state index in [1.165, 1.54) is 25.1 Å². The molecule has 1 aromatic carbocycles. The van der Waals surface area contributed by atoms with Gasteiger partial charge >= 0.3 is 16.2 Å². The van der Waals surface area contributed by atoms with Gasteiger partial charge in [-0.05, 0) is 13.0 Å². The lowest BCUT2D eigenvalue weighted by atomic mass is 10.2. The van der Waals surface area contributed by atoms with Gasteiger partial charge in [0.2, 0.25) is 0 Å². The zero-order valence-corrected chi connectivity index (χ0v) is 11.5. The lowest BCUT2D eigenvalue weighted by Gasteiger charge is -2.17. The second kappa shape index (κ2) is 5.84. The quantitative estimate of drug-likeness (QED) is 0.584. The van der Waals surface area contributed by atoms with Gasteiger partial charge in [-0.25, -0.2) is 0 Å². The molecule has 0 fully saturated rings. The minimum absolute atomic E-state index is 0.0245. The van der Waals surface area contributed by atoms with E-state index in [1.54, 1.807) is 0 Å². The van der Waals surface area contributed by atoms with Crippen LogP contribution in [0.3, 0.4) is 0 Å². The number of nitro groups is 1. The molecule has 2 N–H and O–H groups in total. The maximum Gasteiger partial charge on any atom is 0.318 e. The van der Waals surface area contributed by atoms with E-state index in [0.29, 0.717) is 4.31 Å². The molecule has 1 aromatic rings. The number of nitrogens with zero attached hydrogens (tertiary/aromatic N) is 2. The van der Waals surface area contributed by atoms with Crippen LogP contribution in [0.5, 0.6) is 0 Å². The van der Waals surface area contributed by atoms with E-state index in [-0.39, 0.29) is 16.9 Å². The molecule has 110 valence electrons. The number of rotatable bonds is 6. The van der Waals surface area contributed by atoms with E-state index in [9.17, 15) is 23.3 Å². The number of likely N-dealkylation sites (N-methyl/N-ethyl adjacent to an activating group) is 1. The molecule has 10 heteroatoms. The van der Waals surface area contributed by atoms with Gasteiger partial charge in [0.05, 0.1) is 16.2 Å². The summed E-state index contributed by atoms with van der Waals surface area (Å²) in [5.74, 6) is -1.31. The summed E-state index contributed by atoms with van der Waals surface area (Å²) < 4.78 is 26.4. The minimum Gasteiger partial charge on any atom is -0.480 e. The summed E-state index contributed by atoms with van der Waals surface area (Å²) in [5.41, 5.74) is -0.0627. The molecule has 1 rings (SSSR count). The van der Waals surface area contributed by atoms with Crippen LogP contribution in [0, 0.1) is 17.0 Å². The van der Waals surface area contributed by atoms with E-state index in [1.807, 2.05) is 0 Å². The Bertz CT molecular complexity index is 642. The highest BCUT2D eigenvalue weighted by Gasteiger charge is 2.22. The number of hydrogen-bond acceptors (Lipinski definition) is 5. The number of aliphatic carboxylic acids is 1. The molecule has 0 aliphatic carbocycles. The smallest absolute Gasteiger partial charge is 0.318 e. The predicted octanol–water partition coefficient (Wildman–Crippen LogP) is 0.576. The molecule has 0 amide bonds. The largest absolute Gasteiger partial charge is 0.480 e. The van der Waals surface area contributed by atoms with E-state index in [2.05, 4.69) is 4.72 Å². The van der Waals surface area contributed by atoms with Crippen LogP contribution in [0.2, 0.25) is 0 Å². The van der Waals surface area contributed by atoms with Crippen molar-refractivity contribution >= 4 is 27.6 Å². The van der Waals surface area contributed by atoms with Gasteiger partial charge in [0, 0.05) is 13.1 Å². The van der Waals surface area contributed by atoms with Crippen LogP contribution in [-0.4, -0.2) is 42.3 Å². The molecule has 9 nitrogen and oxygen atoms in total. The number of hydrogen-bond donors (Lipinski definition) is 2. The molecule has 0 atom stereocenters. The summed E-state index contributed by atoms with van der Waals surface area (Å²) in [5, 5.41) is 19.3. The summed E-state index contributed by atoms with van der Waals surface area (Å²) in [7, 11) is -3.01. The minimum atomic E-state index is -4.09. The highest BCUT2D eigenvalue weighted by atomic mass is 32.2. The summed E-state index contributed by atoms with van der Waals surface area (Å²) in [6.07, 6.45) is 0.